The van der Waals surface area contributed by atoms with E-state index in [1.54, 1.807) is 60.7 Å². The molecule has 1 heterocycles. The minimum absolute atomic E-state index is 0.320. The quantitative estimate of drug-likeness (QED) is 0.635. The van der Waals surface area contributed by atoms with Crippen LogP contribution in [0.3, 0.4) is 0 Å². The molecule has 2 N–H and O–H groups in total. The van der Waals surface area contributed by atoms with Gasteiger partial charge in [-0.1, -0.05) is 35.9 Å². The lowest BCUT2D eigenvalue weighted by Gasteiger charge is -2.11. The van der Waals surface area contributed by atoms with E-state index in [1.165, 1.54) is 13.3 Å². The Morgan fingerprint density at radius 1 is 0.963 bits per heavy atom. The smallest absolute Gasteiger partial charge is 0.339 e. The highest BCUT2D eigenvalue weighted by atomic mass is 35.5. The number of halogens is 1. The summed E-state index contributed by atoms with van der Waals surface area (Å²) in [6, 6.07) is 17.1. The van der Waals surface area contributed by atoms with Crippen molar-refractivity contribution in [1.82, 2.24) is 4.98 Å². The number of methoxy groups -OCH3 is 1. The monoisotopic (exact) mass is 381 g/mol. The first kappa shape index (κ1) is 18.4. The van der Waals surface area contributed by atoms with Gasteiger partial charge < -0.3 is 15.4 Å². The number of ether oxygens (including phenoxy) is 1. The molecule has 6 nitrogen and oxygen atoms in total. The van der Waals surface area contributed by atoms with Crippen molar-refractivity contribution in [2.24, 2.45) is 0 Å². The summed E-state index contributed by atoms with van der Waals surface area (Å²) in [5.41, 5.74) is 1.88. The van der Waals surface area contributed by atoms with E-state index in [4.69, 9.17) is 16.3 Å². The second kappa shape index (κ2) is 8.33. The highest BCUT2D eigenvalue weighted by molar-refractivity contribution is 6.34. The van der Waals surface area contributed by atoms with Gasteiger partial charge in [-0.25, -0.2) is 9.78 Å². The predicted octanol–water partition coefficient (Wildman–Crippen LogP) is 4.52. The van der Waals surface area contributed by atoms with Crippen molar-refractivity contribution in [2.75, 3.05) is 17.7 Å². The Labute approximate surface area is 161 Å². The first-order valence-corrected chi connectivity index (χ1v) is 8.42. The number of para-hydroxylation sites is 1. The molecule has 0 aliphatic rings. The first-order chi connectivity index (χ1) is 13.1. The standard InChI is InChI=1S/C20H16ClN3O3/c1-27-20(26)15-7-3-5-9-17(15)24-18-11-10-13(12-22-18)23-19(25)14-6-2-4-8-16(14)21/h2-12H,1H3,(H,22,24)(H,23,25). The summed E-state index contributed by atoms with van der Waals surface area (Å²) in [6.07, 6.45) is 1.51. The normalized spacial score (nSPS) is 10.1. The molecule has 3 aromatic rings. The van der Waals surface area contributed by atoms with Crippen molar-refractivity contribution in [3.63, 3.8) is 0 Å². The fourth-order valence-electron chi connectivity index (χ4n) is 2.40. The summed E-state index contributed by atoms with van der Waals surface area (Å²) < 4.78 is 4.77. The van der Waals surface area contributed by atoms with Gasteiger partial charge in [0.1, 0.15) is 5.82 Å². The highest BCUT2D eigenvalue weighted by Gasteiger charge is 2.12. The first-order valence-electron chi connectivity index (χ1n) is 8.05. The number of pyridine rings is 1. The molecule has 0 atom stereocenters. The number of amides is 1. The van der Waals surface area contributed by atoms with Gasteiger partial charge in [0.05, 0.1) is 40.8 Å². The maximum absolute atomic E-state index is 12.3. The molecule has 0 spiro atoms. The third-order valence-corrected chi connectivity index (χ3v) is 4.06. The summed E-state index contributed by atoms with van der Waals surface area (Å²) in [6.45, 7) is 0. The second-order valence-corrected chi connectivity index (χ2v) is 5.94. The maximum atomic E-state index is 12.3. The van der Waals surface area contributed by atoms with Crippen molar-refractivity contribution in [2.45, 2.75) is 0 Å². The minimum Gasteiger partial charge on any atom is -0.465 e. The summed E-state index contributed by atoms with van der Waals surface area (Å²) in [7, 11) is 1.33. The Kier molecular flexibility index (Phi) is 5.68. The average Bonchev–Trinajstić information content (AvgIpc) is 2.69. The Balaban J connectivity index is 1.72. The number of carbonyl (C=O) groups is 2. The SMILES string of the molecule is COC(=O)c1ccccc1Nc1ccc(NC(=O)c2ccccc2Cl)cn1. The topological polar surface area (TPSA) is 80.3 Å². The molecular formula is C20H16ClN3O3. The molecule has 0 fully saturated rings. The number of carbonyl (C=O) groups excluding carboxylic acids is 2. The molecule has 0 bridgehead atoms. The van der Waals surface area contributed by atoms with Crippen molar-refractivity contribution in [3.05, 3.63) is 83.0 Å². The molecule has 7 heteroatoms. The van der Waals surface area contributed by atoms with Crippen LogP contribution in [0.5, 0.6) is 0 Å². The van der Waals surface area contributed by atoms with Crippen molar-refractivity contribution in [3.8, 4) is 0 Å². The van der Waals surface area contributed by atoms with E-state index >= 15 is 0 Å². The highest BCUT2D eigenvalue weighted by Crippen LogP contribution is 2.22. The van der Waals surface area contributed by atoms with E-state index in [0.29, 0.717) is 33.3 Å². The Bertz CT molecular complexity index is 974. The number of benzene rings is 2. The van der Waals surface area contributed by atoms with Crippen molar-refractivity contribution < 1.29 is 14.3 Å². The number of hydrogen-bond acceptors (Lipinski definition) is 5. The van der Waals surface area contributed by atoms with Crippen LogP contribution in [0, 0.1) is 0 Å². The Morgan fingerprint density at radius 3 is 2.33 bits per heavy atom. The van der Waals surface area contributed by atoms with E-state index in [-0.39, 0.29) is 5.91 Å². The zero-order chi connectivity index (χ0) is 19.2. The molecule has 1 aromatic heterocycles. The fraction of sp³-hybridized carbons (Fsp3) is 0.0500. The van der Waals surface area contributed by atoms with Gasteiger partial charge in [-0.2, -0.15) is 0 Å². The van der Waals surface area contributed by atoms with Crippen LogP contribution in [-0.2, 0) is 4.74 Å². The predicted molar refractivity (Wildman–Crippen MR) is 105 cm³/mol. The summed E-state index contributed by atoms with van der Waals surface area (Å²) in [5.74, 6) is -0.247. The van der Waals surface area contributed by atoms with E-state index in [1.807, 2.05) is 0 Å². The van der Waals surface area contributed by atoms with Gasteiger partial charge in [-0.3, -0.25) is 4.79 Å². The second-order valence-electron chi connectivity index (χ2n) is 5.53. The van der Waals surface area contributed by atoms with Gasteiger partial charge in [0.15, 0.2) is 0 Å². The minimum atomic E-state index is -0.443. The largest absolute Gasteiger partial charge is 0.465 e. The number of rotatable bonds is 5. The number of nitrogens with zero attached hydrogens (tertiary/aromatic N) is 1. The molecule has 0 saturated carbocycles. The van der Waals surface area contributed by atoms with E-state index in [9.17, 15) is 9.59 Å². The van der Waals surface area contributed by atoms with E-state index in [0.717, 1.165) is 0 Å². The summed E-state index contributed by atoms with van der Waals surface area (Å²) in [4.78, 5) is 28.4. The molecule has 0 unspecified atom stereocenters. The molecule has 0 aliphatic heterocycles. The maximum Gasteiger partial charge on any atom is 0.339 e. The van der Waals surface area contributed by atoms with Gasteiger partial charge in [0, 0.05) is 0 Å². The summed E-state index contributed by atoms with van der Waals surface area (Å²) >= 11 is 6.03. The fourth-order valence-corrected chi connectivity index (χ4v) is 2.63. The number of aromatic nitrogens is 1. The number of anilines is 3. The van der Waals surface area contributed by atoms with Gasteiger partial charge >= 0.3 is 5.97 Å². The van der Waals surface area contributed by atoms with Crippen LogP contribution < -0.4 is 10.6 Å². The van der Waals surface area contributed by atoms with Crippen LogP contribution in [0.25, 0.3) is 0 Å². The number of nitrogens with one attached hydrogen (secondary N) is 2. The van der Waals surface area contributed by atoms with Crippen molar-refractivity contribution in [1.29, 1.82) is 0 Å². The lowest BCUT2D eigenvalue weighted by Crippen LogP contribution is -2.12. The molecular weight excluding hydrogens is 366 g/mol. The van der Waals surface area contributed by atoms with Crippen LogP contribution in [0.15, 0.2) is 66.9 Å². The van der Waals surface area contributed by atoms with Crippen LogP contribution >= 0.6 is 11.6 Å². The van der Waals surface area contributed by atoms with Crippen LogP contribution in [-0.4, -0.2) is 24.0 Å². The molecule has 0 radical (unpaired) electrons. The number of hydrogen-bond donors (Lipinski definition) is 2. The lowest BCUT2D eigenvalue weighted by atomic mass is 10.2. The van der Waals surface area contributed by atoms with E-state index in [2.05, 4.69) is 15.6 Å². The lowest BCUT2D eigenvalue weighted by molar-refractivity contribution is 0.0601. The Hall–Kier alpha value is -3.38. The van der Waals surface area contributed by atoms with Crippen LogP contribution in [0.1, 0.15) is 20.7 Å². The molecule has 0 saturated heterocycles. The van der Waals surface area contributed by atoms with Gasteiger partial charge in [0.25, 0.3) is 5.91 Å². The van der Waals surface area contributed by atoms with Gasteiger partial charge in [-0.05, 0) is 36.4 Å². The van der Waals surface area contributed by atoms with Crippen LogP contribution in [0.4, 0.5) is 17.2 Å². The third-order valence-electron chi connectivity index (χ3n) is 3.73. The summed E-state index contributed by atoms with van der Waals surface area (Å²) in [5, 5.41) is 6.18. The van der Waals surface area contributed by atoms with Crippen molar-refractivity contribution >= 4 is 40.7 Å². The third kappa shape index (κ3) is 4.43. The Morgan fingerprint density at radius 2 is 1.67 bits per heavy atom. The zero-order valence-corrected chi connectivity index (χ0v) is 15.2. The number of esters is 1. The zero-order valence-electron chi connectivity index (χ0n) is 14.4. The molecule has 2 aromatic carbocycles. The molecule has 1 amide bonds. The average molecular weight is 382 g/mol. The molecule has 27 heavy (non-hydrogen) atoms. The van der Waals surface area contributed by atoms with Crippen LogP contribution in [0.2, 0.25) is 5.02 Å². The molecule has 3 rings (SSSR count). The van der Waals surface area contributed by atoms with Gasteiger partial charge in [0.2, 0.25) is 0 Å². The molecule has 0 aliphatic carbocycles. The van der Waals surface area contributed by atoms with Gasteiger partial charge in [-0.15, -0.1) is 0 Å². The van der Waals surface area contributed by atoms with E-state index < -0.39 is 5.97 Å². The molecule has 136 valence electrons.